The molecule has 34 heavy (non-hydrogen) atoms. The molecule has 2 N–H and O–H groups in total. The van der Waals surface area contributed by atoms with E-state index in [1.807, 2.05) is 47.9 Å². The van der Waals surface area contributed by atoms with E-state index in [2.05, 4.69) is 28.8 Å². The highest BCUT2D eigenvalue weighted by Crippen LogP contribution is 2.45. The minimum Gasteiger partial charge on any atom is -0.372 e. The molecule has 4 heterocycles. The summed E-state index contributed by atoms with van der Waals surface area (Å²) in [4.78, 5) is 2.81. The topological polar surface area (TPSA) is 42.5 Å². The summed E-state index contributed by atoms with van der Waals surface area (Å²) in [5.74, 6) is 0.302. The smallest absolute Gasteiger partial charge is 0.0966 e. The van der Waals surface area contributed by atoms with Gasteiger partial charge < -0.3 is 20.1 Å². The van der Waals surface area contributed by atoms with Crippen molar-refractivity contribution in [3.05, 3.63) is 67.3 Å². The Morgan fingerprint density at radius 2 is 1.85 bits per heavy atom. The maximum atomic E-state index is 6.48. The van der Waals surface area contributed by atoms with E-state index in [1.54, 1.807) is 0 Å². The third-order valence-electron chi connectivity index (χ3n) is 6.77. The summed E-state index contributed by atoms with van der Waals surface area (Å²) >= 11 is 16.5. The molecule has 0 aliphatic carbocycles. The Hall–Kier alpha value is -1.22. The summed E-state index contributed by atoms with van der Waals surface area (Å²) in [7, 11) is 1.97. The first kappa shape index (κ1) is 23.2. The Bertz CT molecular complexity index is 1350. The van der Waals surface area contributed by atoms with Crippen LogP contribution in [0.4, 0.5) is 0 Å². The Kier molecular flexibility index (Phi) is 6.60. The first-order chi connectivity index (χ1) is 16.6. The van der Waals surface area contributed by atoms with Crippen molar-refractivity contribution >= 4 is 66.0 Å². The maximum Gasteiger partial charge on any atom is 0.0966 e. The second kappa shape index (κ2) is 9.68. The zero-order chi connectivity index (χ0) is 23.2. The quantitative estimate of drug-likeness (QED) is 0.290. The van der Waals surface area contributed by atoms with Gasteiger partial charge in [-0.25, -0.2) is 0 Å². The Labute approximate surface area is 217 Å². The summed E-state index contributed by atoms with van der Waals surface area (Å²) in [6, 6.07) is 12.4. The molecule has 8 heteroatoms. The van der Waals surface area contributed by atoms with Crippen molar-refractivity contribution in [1.29, 1.82) is 0 Å². The molecule has 2 aromatic heterocycles. The summed E-state index contributed by atoms with van der Waals surface area (Å²) in [6.45, 7) is 3.87. The first-order valence-corrected chi connectivity index (χ1v) is 14.0. The number of rotatable bonds is 6. The number of fused-ring (bicyclic) bond motifs is 6. The Morgan fingerprint density at radius 3 is 2.74 bits per heavy atom. The number of hydrogen-bond acceptors (Lipinski definition) is 6. The number of likely N-dealkylation sites (N-methyl/N-ethyl adjacent to an activating group) is 1. The fourth-order valence-corrected chi connectivity index (χ4v) is 8.27. The molecule has 0 amide bonds. The van der Waals surface area contributed by atoms with Crippen molar-refractivity contribution < 1.29 is 9.47 Å². The zero-order valence-electron chi connectivity index (χ0n) is 18.8. The van der Waals surface area contributed by atoms with Crippen LogP contribution in [0.1, 0.15) is 39.0 Å². The van der Waals surface area contributed by atoms with Gasteiger partial charge in [-0.3, -0.25) is 0 Å². The van der Waals surface area contributed by atoms with E-state index in [1.165, 1.54) is 41.1 Å². The number of ether oxygens (including phenoxy) is 2. The van der Waals surface area contributed by atoms with E-state index in [4.69, 9.17) is 32.7 Å². The molecule has 178 valence electrons. The van der Waals surface area contributed by atoms with Gasteiger partial charge in [-0.05, 0) is 31.3 Å². The molecule has 3 unspecified atom stereocenters. The summed E-state index contributed by atoms with van der Waals surface area (Å²) < 4.78 is 15.0. The highest BCUT2D eigenvalue weighted by molar-refractivity contribution is 7.20. The van der Waals surface area contributed by atoms with Gasteiger partial charge >= 0.3 is 0 Å². The molecule has 4 aromatic rings. The number of benzene rings is 2. The highest BCUT2D eigenvalue weighted by Gasteiger charge is 2.32. The third-order valence-corrected chi connectivity index (χ3v) is 10.1. The number of halogens is 2. The second-order valence-electron chi connectivity index (χ2n) is 8.92. The van der Waals surface area contributed by atoms with E-state index in [-0.39, 0.29) is 12.2 Å². The monoisotopic (exact) mass is 532 g/mol. The van der Waals surface area contributed by atoms with Gasteiger partial charge in [-0.1, -0.05) is 35.3 Å². The van der Waals surface area contributed by atoms with Crippen LogP contribution < -0.4 is 10.6 Å². The van der Waals surface area contributed by atoms with Crippen molar-refractivity contribution in [3.63, 3.8) is 0 Å². The lowest BCUT2D eigenvalue weighted by molar-refractivity contribution is 0.0271. The van der Waals surface area contributed by atoms with Crippen LogP contribution in [0, 0.1) is 0 Å². The van der Waals surface area contributed by atoms with E-state index in [0.717, 1.165) is 42.7 Å². The van der Waals surface area contributed by atoms with Crippen LogP contribution in [-0.2, 0) is 15.9 Å². The zero-order valence-corrected chi connectivity index (χ0v) is 22.0. The molecule has 3 atom stereocenters. The standard InChI is InChI=1S/C26H26Cl2N2O2S2/c1-29-11-19-24-17-9-15(27)5-6-21(17)33-25(24)14(13-32-19)10-30-12-20-23-16-3-2-4-18(28)26(16)34-22(23)7-8-31-20/h2-6,9,14,19-20,29-30H,7-8,10-13H2,1H3. The fourth-order valence-electron chi connectivity index (χ4n) is 5.25. The van der Waals surface area contributed by atoms with Crippen LogP contribution in [0.25, 0.3) is 20.2 Å². The number of nitrogens with one attached hydrogen (secondary N) is 2. The van der Waals surface area contributed by atoms with Crippen LogP contribution in [0.3, 0.4) is 0 Å². The average Bonchev–Trinajstić information content (AvgIpc) is 3.41. The van der Waals surface area contributed by atoms with Crippen LogP contribution in [0.5, 0.6) is 0 Å². The molecular weight excluding hydrogens is 507 g/mol. The fraction of sp³-hybridized carbons (Fsp3) is 0.385. The van der Waals surface area contributed by atoms with Crippen molar-refractivity contribution in [1.82, 2.24) is 10.6 Å². The molecule has 4 nitrogen and oxygen atoms in total. The molecule has 2 aliphatic heterocycles. The lowest BCUT2D eigenvalue weighted by Gasteiger charge is -2.31. The molecule has 0 spiro atoms. The van der Waals surface area contributed by atoms with Gasteiger partial charge in [-0.2, -0.15) is 0 Å². The van der Waals surface area contributed by atoms with Gasteiger partial charge in [0.1, 0.15) is 0 Å². The van der Waals surface area contributed by atoms with Gasteiger partial charge in [0.05, 0.1) is 35.1 Å². The van der Waals surface area contributed by atoms with Crippen molar-refractivity contribution in [2.75, 3.05) is 39.9 Å². The first-order valence-electron chi connectivity index (χ1n) is 11.6. The predicted octanol–water partition coefficient (Wildman–Crippen LogP) is 6.70. The number of thiophene rings is 2. The molecule has 0 bridgehead atoms. The molecule has 6 rings (SSSR count). The van der Waals surface area contributed by atoms with E-state index in [0.29, 0.717) is 12.5 Å². The van der Waals surface area contributed by atoms with Gasteiger partial charge in [0.2, 0.25) is 0 Å². The number of hydrogen-bond donors (Lipinski definition) is 2. The normalized spacial score (nSPS) is 22.3. The SMILES string of the molecule is CNCC1OCC(CNCC2OCCc3sc4c(Cl)cccc4c32)c2sc3ccc(Cl)cc3c21. The minimum absolute atomic E-state index is 0.0400. The lowest BCUT2D eigenvalue weighted by atomic mass is 9.94. The predicted molar refractivity (Wildman–Crippen MR) is 144 cm³/mol. The van der Waals surface area contributed by atoms with Gasteiger partial charge in [-0.15, -0.1) is 22.7 Å². The van der Waals surface area contributed by atoms with Crippen LogP contribution >= 0.6 is 45.9 Å². The van der Waals surface area contributed by atoms with Crippen LogP contribution in [-0.4, -0.2) is 39.9 Å². The highest BCUT2D eigenvalue weighted by atomic mass is 35.5. The molecule has 2 aromatic carbocycles. The molecular formula is C26H26Cl2N2O2S2. The molecule has 0 radical (unpaired) electrons. The van der Waals surface area contributed by atoms with Crippen molar-refractivity contribution in [2.45, 2.75) is 24.5 Å². The molecule has 0 fully saturated rings. The molecule has 2 aliphatic rings. The third kappa shape index (κ3) is 4.08. The minimum atomic E-state index is 0.0400. The molecule has 0 saturated heterocycles. The van der Waals surface area contributed by atoms with Gasteiger partial charge in [0.15, 0.2) is 0 Å². The van der Waals surface area contributed by atoms with Crippen molar-refractivity contribution in [3.8, 4) is 0 Å². The van der Waals surface area contributed by atoms with Crippen molar-refractivity contribution in [2.24, 2.45) is 0 Å². The Balaban J connectivity index is 1.23. The second-order valence-corrected chi connectivity index (χ2v) is 12.0. The maximum absolute atomic E-state index is 6.48. The summed E-state index contributed by atoms with van der Waals surface area (Å²) in [6.07, 6.45) is 1.05. The van der Waals surface area contributed by atoms with E-state index >= 15 is 0 Å². The van der Waals surface area contributed by atoms with Crippen LogP contribution in [0.2, 0.25) is 10.0 Å². The van der Waals surface area contributed by atoms with E-state index in [9.17, 15) is 0 Å². The van der Waals surface area contributed by atoms with E-state index < -0.39 is 0 Å². The molecule has 0 saturated carbocycles. The summed E-state index contributed by atoms with van der Waals surface area (Å²) in [5.41, 5.74) is 2.61. The Morgan fingerprint density at radius 1 is 0.971 bits per heavy atom. The largest absolute Gasteiger partial charge is 0.372 e. The average molecular weight is 534 g/mol. The van der Waals surface area contributed by atoms with Gasteiger partial charge in [0.25, 0.3) is 0 Å². The lowest BCUT2D eigenvalue weighted by Crippen LogP contribution is -2.34. The summed E-state index contributed by atoms with van der Waals surface area (Å²) in [5, 5.41) is 11.0. The van der Waals surface area contributed by atoms with Crippen LogP contribution in [0.15, 0.2) is 36.4 Å². The van der Waals surface area contributed by atoms with Gasteiger partial charge in [0, 0.05) is 73.3 Å².